The van der Waals surface area contributed by atoms with Crippen LogP contribution < -0.4 is 4.65 Å². The molecule has 0 unspecified atom stereocenters. The zero-order chi connectivity index (χ0) is 6.81. The lowest BCUT2D eigenvalue weighted by Gasteiger charge is -2.15. The van der Waals surface area contributed by atoms with Crippen LogP contribution in [0.25, 0.3) is 0 Å². The van der Waals surface area contributed by atoms with Crippen molar-refractivity contribution in [3.05, 3.63) is 29.8 Å². The van der Waals surface area contributed by atoms with E-state index in [1.165, 1.54) is 0 Å². The van der Waals surface area contributed by atoms with Crippen LogP contribution in [0.5, 0.6) is 5.75 Å². The van der Waals surface area contributed by atoms with Crippen molar-refractivity contribution in [2.45, 2.75) is 6.61 Å². The molecule has 0 bridgehead atoms. The van der Waals surface area contributed by atoms with Gasteiger partial charge in [0.2, 0.25) is 0 Å². The molecule has 3 heteroatoms. The summed E-state index contributed by atoms with van der Waals surface area (Å²) in [5, 5.41) is 0. The minimum Gasteiger partial charge on any atom is -0.538 e. The van der Waals surface area contributed by atoms with Crippen LogP contribution in [0.1, 0.15) is 5.56 Å². The van der Waals surface area contributed by atoms with Crippen LogP contribution in [0.15, 0.2) is 24.3 Å². The molecular formula is C7H7BO2. The predicted molar refractivity (Wildman–Crippen MR) is 39.0 cm³/mol. The highest BCUT2D eigenvalue weighted by atomic mass is 16.6. The number of hydrogen-bond donors (Lipinski definition) is 0. The second-order valence-corrected chi connectivity index (χ2v) is 2.22. The van der Waals surface area contributed by atoms with E-state index < -0.39 is 0 Å². The van der Waals surface area contributed by atoms with Gasteiger partial charge in [0.15, 0.2) is 0 Å². The molecule has 1 aromatic rings. The van der Waals surface area contributed by atoms with Crippen molar-refractivity contribution >= 4 is 7.69 Å². The van der Waals surface area contributed by atoms with Crippen molar-refractivity contribution in [2.24, 2.45) is 0 Å². The summed E-state index contributed by atoms with van der Waals surface area (Å²) in [7, 11) is 0.386. The number of para-hydroxylation sites is 1. The Balaban J connectivity index is 2.41. The Bertz CT molecular complexity index is 212. The average molecular weight is 134 g/mol. The van der Waals surface area contributed by atoms with Crippen LogP contribution in [-0.4, -0.2) is 7.69 Å². The molecule has 1 aromatic carbocycles. The van der Waals surface area contributed by atoms with Crippen molar-refractivity contribution in [1.82, 2.24) is 0 Å². The number of benzene rings is 1. The van der Waals surface area contributed by atoms with Gasteiger partial charge in [0.1, 0.15) is 5.75 Å². The molecule has 1 heterocycles. The molecule has 0 atom stereocenters. The molecule has 2 rings (SSSR count). The van der Waals surface area contributed by atoms with Crippen LogP contribution in [0, 0.1) is 0 Å². The van der Waals surface area contributed by atoms with Crippen molar-refractivity contribution in [3.8, 4) is 5.75 Å². The molecule has 0 aromatic heterocycles. The van der Waals surface area contributed by atoms with Gasteiger partial charge in [-0.25, -0.2) is 0 Å². The van der Waals surface area contributed by atoms with E-state index in [2.05, 4.69) is 0 Å². The van der Waals surface area contributed by atoms with Gasteiger partial charge < -0.3 is 9.31 Å². The Morgan fingerprint density at radius 3 is 3.10 bits per heavy atom. The quantitative estimate of drug-likeness (QED) is 0.490. The molecule has 0 saturated carbocycles. The molecule has 0 fully saturated rings. The lowest BCUT2D eigenvalue weighted by atomic mass is 10.1. The second-order valence-electron chi connectivity index (χ2n) is 2.22. The fraction of sp³-hybridized carbons (Fsp3) is 0.143. The highest BCUT2D eigenvalue weighted by Crippen LogP contribution is 2.20. The third-order valence-electron chi connectivity index (χ3n) is 1.53. The van der Waals surface area contributed by atoms with Crippen LogP contribution in [0.2, 0.25) is 0 Å². The molecule has 1 aliphatic rings. The first-order valence-corrected chi connectivity index (χ1v) is 3.25. The van der Waals surface area contributed by atoms with Gasteiger partial charge in [0, 0.05) is 5.56 Å². The molecule has 0 aliphatic carbocycles. The van der Waals surface area contributed by atoms with Gasteiger partial charge in [0.05, 0.1) is 6.61 Å². The standard InChI is InChI=1S/C7H7BO2/c1-2-4-7-6(3-1)5-9-8-10-7/h1-4,8H,5H2. The molecule has 50 valence electrons. The van der Waals surface area contributed by atoms with E-state index in [0.29, 0.717) is 14.3 Å². The van der Waals surface area contributed by atoms with Crippen LogP contribution in [0.4, 0.5) is 0 Å². The van der Waals surface area contributed by atoms with Gasteiger partial charge in [0.25, 0.3) is 0 Å². The Labute approximate surface area is 60.1 Å². The third kappa shape index (κ3) is 0.886. The Kier molecular flexibility index (Phi) is 1.36. The molecule has 0 saturated heterocycles. The van der Waals surface area contributed by atoms with Gasteiger partial charge in [-0.3, -0.25) is 0 Å². The van der Waals surface area contributed by atoms with E-state index in [9.17, 15) is 0 Å². The normalized spacial score (nSPS) is 14.8. The lowest BCUT2D eigenvalue weighted by molar-refractivity contribution is 0.252. The van der Waals surface area contributed by atoms with E-state index in [0.717, 1.165) is 11.3 Å². The average Bonchev–Trinajstić information content (AvgIpc) is 2.05. The van der Waals surface area contributed by atoms with Gasteiger partial charge in [-0.2, -0.15) is 0 Å². The Morgan fingerprint density at radius 2 is 2.20 bits per heavy atom. The molecule has 0 N–H and O–H groups in total. The molecule has 2 nitrogen and oxygen atoms in total. The first kappa shape index (κ1) is 5.80. The van der Waals surface area contributed by atoms with Crippen molar-refractivity contribution in [2.75, 3.05) is 0 Å². The van der Waals surface area contributed by atoms with E-state index in [1.807, 2.05) is 24.3 Å². The van der Waals surface area contributed by atoms with E-state index in [-0.39, 0.29) is 0 Å². The van der Waals surface area contributed by atoms with Crippen LogP contribution in [0.3, 0.4) is 0 Å². The van der Waals surface area contributed by atoms with Gasteiger partial charge in [-0.15, -0.1) is 0 Å². The first-order valence-electron chi connectivity index (χ1n) is 3.25. The second kappa shape index (κ2) is 2.35. The van der Waals surface area contributed by atoms with Gasteiger partial charge in [-0.1, -0.05) is 18.2 Å². The summed E-state index contributed by atoms with van der Waals surface area (Å²) in [5.74, 6) is 0.953. The first-order chi connectivity index (χ1) is 4.97. The van der Waals surface area contributed by atoms with Crippen molar-refractivity contribution < 1.29 is 9.31 Å². The Hall–Kier alpha value is -0.955. The SMILES string of the molecule is B1OCc2ccccc2O1. The zero-order valence-corrected chi connectivity index (χ0v) is 5.54. The van der Waals surface area contributed by atoms with Crippen LogP contribution >= 0.6 is 0 Å². The maximum absolute atomic E-state index is 5.20. The molecule has 0 amide bonds. The summed E-state index contributed by atoms with van der Waals surface area (Å²) in [6.45, 7) is 0.677. The van der Waals surface area contributed by atoms with Crippen molar-refractivity contribution in [3.63, 3.8) is 0 Å². The highest BCUT2D eigenvalue weighted by molar-refractivity contribution is 6.19. The van der Waals surface area contributed by atoms with E-state index in [1.54, 1.807) is 0 Å². The molecule has 0 radical (unpaired) electrons. The Morgan fingerprint density at radius 1 is 1.30 bits per heavy atom. The highest BCUT2D eigenvalue weighted by Gasteiger charge is 2.09. The van der Waals surface area contributed by atoms with Crippen molar-refractivity contribution in [1.29, 1.82) is 0 Å². The smallest absolute Gasteiger partial charge is 0.507 e. The van der Waals surface area contributed by atoms with E-state index >= 15 is 0 Å². The van der Waals surface area contributed by atoms with Crippen LogP contribution in [-0.2, 0) is 11.3 Å². The summed E-state index contributed by atoms with van der Waals surface area (Å²) in [6.07, 6.45) is 0. The molecule has 0 spiro atoms. The van der Waals surface area contributed by atoms with Gasteiger partial charge in [-0.05, 0) is 6.07 Å². The maximum Gasteiger partial charge on any atom is 0.507 e. The predicted octanol–water partition coefficient (Wildman–Crippen LogP) is 0.862. The largest absolute Gasteiger partial charge is 0.538 e. The lowest BCUT2D eigenvalue weighted by Crippen LogP contribution is -2.14. The molecule has 1 aliphatic heterocycles. The minimum atomic E-state index is 0.386. The minimum absolute atomic E-state index is 0.386. The fourth-order valence-electron chi connectivity index (χ4n) is 1.02. The molecule has 10 heavy (non-hydrogen) atoms. The van der Waals surface area contributed by atoms with Gasteiger partial charge >= 0.3 is 7.69 Å². The summed E-state index contributed by atoms with van der Waals surface area (Å²) in [5.41, 5.74) is 1.13. The summed E-state index contributed by atoms with van der Waals surface area (Å²) < 4.78 is 10.3. The summed E-state index contributed by atoms with van der Waals surface area (Å²) >= 11 is 0. The third-order valence-corrected chi connectivity index (χ3v) is 1.53. The van der Waals surface area contributed by atoms with E-state index in [4.69, 9.17) is 9.31 Å². The molecular weight excluding hydrogens is 127 g/mol. The number of fused-ring (bicyclic) bond motifs is 1. The fourth-order valence-corrected chi connectivity index (χ4v) is 1.02. The monoisotopic (exact) mass is 134 g/mol. The topological polar surface area (TPSA) is 18.5 Å². The number of rotatable bonds is 0. The zero-order valence-electron chi connectivity index (χ0n) is 5.54. The maximum atomic E-state index is 5.20. The number of hydrogen-bond acceptors (Lipinski definition) is 2. The summed E-state index contributed by atoms with van der Waals surface area (Å²) in [6, 6.07) is 7.91. The summed E-state index contributed by atoms with van der Waals surface area (Å²) in [4.78, 5) is 0.